The zero-order chi connectivity index (χ0) is 28.0. The largest absolute Gasteiger partial charge is 0.504 e. The molecule has 0 spiro atoms. The highest BCUT2D eigenvalue weighted by atomic mass is 32.2. The smallest absolute Gasteiger partial charge is 0.251 e. The summed E-state index contributed by atoms with van der Waals surface area (Å²) in [6, 6.07) is 15.8. The molecule has 11 heteroatoms. The number of nitrogen functional groups attached to an aromatic ring is 1. The van der Waals surface area contributed by atoms with Gasteiger partial charge in [0.05, 0.1) is 17.0 Å². The minimum atomic E-state index is -4.00. The van der Waals surface area contributed by atoms with Crippen LogP contribution in [0.4, 0.5) is 5.69 Å². The first-order valence-electron chi connectivity index (χ1n) is 12.0. The summed E-state index contributed by atoms with van der Waals surface area (Å²) in [5.74, 6) is -2.94. The number of anilines is 1. The molecule has 1 amide bonds. The van der Waals surface area contributed by atoms with Crippen LogP contribution in [0.1, 0.15) is 29.8 Å². The van der Waals surface area contributed by atoms with Gasteiger partial charge in [-0.15, -0.1) is 0 Å². The molecule has 0 saturated heterocycles. The van der Waals surface area contributed by atoms with Crippen LogP contribution in [-0.2, 0) is 16.4 Å². The van der Waals surface area contributed by atoms with Crippen LogP contribution < -0.4 is 11.1 Å². The molecule has 7 N–H and O–H groups in total. The summed E-state index contributed by atoms with van der Waals surface area (Å²) >= 11 is 0. The van der Waals surface area contributed by atoms with Gasteiger partial charge in [-0.2, -0.15) is 4.31 Å². The van der Waals surface area contributed by atoms with E-state index in [0.717, 1.165) is 17.7 Å². The third kappa shape index (κ3) is 7.15. The fourth-order valence-corrected chi connectivity index (χ4v) is 5.56. The van der Waals surface area contributed by atoms with E-state index < -0.39 is 45.3 Å². The van der Waals surface area contributed by atoms with Gasteiger partial charge in [0.15, 0.2) is 17.2 Å². The van der Waals surface area contributed by atoms with Crippen molar-refractivity contribution in [3.05, 3.63) is 77.9 Å². The van der Waals surface area contributed by atoms with E-state index in [9.17, 15) is 33.6 Å². The molecule has 204 valence electrons. The lowest BCUT2D eigenvalue weighted by Gasteiger charge is -2.31. The van der Waals surface area contributed by atoms with Crippen molar-refractivity contribution in [2.24, 2.45) is 5.92 Å². The predicted octanol–water partition coefficient (Wildman–Crippen LogP) is 2.43. The number of nitrogens with two attached hydrogens (primary N) is 1. The Labute approximate surface area is 222 Å². The lowest BCUT2D eigenvalue weighted by atomic mass is 10.00. The van der Waals surface area contributed by atoms with Crippen LogP contribution in [0.2, 0.25) is 0 Å². The lowest BCUT2D eigenvalue weighted by Crippen LogP contribution is -2.51. The molecule has 0 unspecified atom stereocenters. The summed E-state index contributed by atoms with van der Waals surface area (Å²) in [6.45, 7) is 3.51. The van der Waals surface area contributed by atoms with Gasteiger partial charge in [-0.05, 0) is 54.3 Å². The number of phenolic OH excluding ortho intramolecular Hbond substituents is 3. The number of aromatic hydroxyl groups is 3. The number of benzene rings is 3. The van der Waals surface area contributed by atoms with Crippen molar-refractivity contribution in [1.29, 1.82) is 0 Å². The Balaban J connectivity index is 1.91. The third-order valence-corrected chi connectivity index (χ3v) is 7.73. The summed E-state index contributed by atoms with van der Waals surface area (Å²) in [5.41, 5.74) is 6.75. The van der Waals surface area contributed by atoms with Crippen LogP contribution in [0.3, 0.4) is 0 Å². The average Bonchev–Trinajstić information content (AvgIpc) is 2.86. The Morgan fingerprint density at radius 3 is 2.08 bits per heavy atom. The second-order valence-electron chi connectivity index (χ2n) is 9.49. The highest BCUT2D eigenvalue weighted by Crippen LogP contribution is 2.35. The molecule has 38 heavy (non-hydrogen) atoms. The monoisotopic (exact) mass is 543 g/mol. The highest BCUT2D eigenvalue weighted by molar-refractivity contribution is 7.89. The first kappa shape index (κ1) is 28.8. The van der Waals surface area contributed by atoms with Gasteiger partial charge in [-0.25, -0.2) is 8.42 Å². The van der Waals surface area contributed by atoms with Crippen LogP contribution in [0.5, 0.6) is 17.2 Å². The first-order valence-corrected chi connectivity index (χ1v) is 13.5. The topological polar surface area (TPSA) is 173 Å². The van der Waals surface area contributed by atoms with E-state index in [4.69, 9.17) is 5.73 Å². The maximum absolute atomic E-state index is 13.5. The third-order valence-electron chi connectivity index (χ3n) is 5.89. The van der Waals surface area contributed by atoms with Gasteiger partial charge in [0.25, 0.3) is 5.91 Å². The van der Waals surface area contributed by atoms with Crippen molar-refractivity contribution in [1.82, 2.24) is 9.62 Å². The zero-order valence-corrected chi connectivity index (χ0v) is 22.0. The molecular weight excluding hydrogens is 510 g/mol. The van der Waals surface area contributed by atoms with Crippen LogP contribution >= 0.6 is 0 Å². The zero-order valence-electron chi connectivity index (χ0n) is 21.2. The molecule has 0 aliphatic heterocycles. The molecular formula is C27H33N3O7S. The number of hydrogen-bond donors (Lipinski definition) is 6. The maximum Gasteiger partial charge on any atom is 0.251 e. The molecule has 0 aliphatic rings. The molecule has 3 rings (SSSR count). The normalized spacial score (nSPS) is 13.4. The number of rotatable bonds is 11. The fraction of sp³-hybridized carbons (Fsp3) is 0.296. The van der Waals surface area contributed by atoms with Crippen LogP contribution in [0.15, 0.2) is 71.6 Å². The van der Waals surface area contributed by atoms with E-state index in [1.54, 1.807) is 24.3 Å². The number of aliphatic hydroxyl groups excluding tert-OH is 1. The number of carbonyl (C=O) groups excluding carboxylic acids is 1. The van der Waals surface area contributed by atoms with Gasteiger partial charge in [0.2, 0.25) is 10.0 Å². The van der Waals surface area contributed by atoms with Crippen molar-refractivity contribution >= 4 is 21.6 Å². The molecule has 3 aromatic rings. The summed E-state index contributed by atoms with van der Waals surface area (Å²) in [7, 11) is -4.00. The number of sulfonamides is 1. The molecule has 0 fully saturated rings. The Hall–Kier alpha value is -3.80. The second kappa shape index (κ2) is 12.2. The van der Waals surface area contributed by atoms with Gasteiger partial charge in [0.1, 0.15) is 0 Å². The Morgan fingerprint density at radius 1 is 0.947 bits per heavy atom. The fourth-order valence-electron chi connectivity index (χ4n) is 3.94. The summed E-state index contributed by atoms with van der Waals surface area (Å²) in [6.07, 6.45) is -1.16. The Bertz CT molecular complexity index is 1320. The van der Waals surface area contributed by atoms with Crippen LogP contribution in [-0.4, -0.2) is 64.3 Å². The number of hydrogen-bond acceptors (Lipinski definition) is 8. The van der Waals surface area contributed by atoms with Crippen molar-refractivity contribution < 1.29 is 33.6 Å². The Kier molecular flexibility index (Phi) is 9.21. The second-order valence-corrected chi connectivity index (χ2v) is 11.4. The number of amides is 1. The molecule has 0 bridgehead atoms. The molecule has 2 atom stereocenters. The standard InChI is InChI=1S/C27H33N3O7S/c1-17(2)15-30(38(36,37)21-10-8-20(28)9-11-21)16-25(33)22(12-18-6-4-3-5-7-18)29-27(35)19-13-23(31)26(34)24(32)14-19/h3-11,13-14,17,22,25,31-34H,12,15-16,28H2,1-2H3,(H,29,35)/t22-,25+/m0/s1. The Morgan fingerprint density at radius 2 is 1.53 bits per heavy atom. The minimum Gasteiger partial charge on any atom is -0.504 e. The molecule has 0 radical (unpaired) electrons. The van der Waals surface area contributed by atoms with Gasteiger partial charge < -0.3 is 31.5 Å². The minimum absolute atomic E-state index is 0.0261. The van der Waals surface area contributed by atoms with Crippen molar-refractivity contribution in [2.45, 2.75) is 37.3 Å². The molecule has 3 aromatic carbocycles. The average molecular weight is 544 g/mol. The van der Waals surface area contributed by atoms with Crippen molar-refractivity contribution in [3.63, 3.8) is 0 Å². The molecule has 0 heterocycles. The number of nitrogens with one attached hydrogen (secondary N) is 1. The van der Waals surface area contributed by atoms with E-state index in [1.165, 1.54) is 28.6 Å². The van der Waals surface area contributed by atoms with Gasteiger partial charge in [-0.3, -0.25) is 4.79 Å². The van der Waals surface area contributed by atoms with E-state index in [2.05, 4.69) is 5.32 Å². The van der Waals surface area contributed by atoms with Crippen molar-refractivity contribution in [3.8, 4) is 17.2 Å². The molecule has 0 aliphatic carbocycles. The SMILES string of the molecule is CC(C)CN(C[C@@H](O)[C@H](Cc1ccccc1)NC(=O)c1cc(O)c(O)c(O)c1)S(=O)(=O)c1ccc(N)cc1. The molecule has 0 saturated carbocycles. The number of phenols is 3. The van der Waals surface area contributed by atoms with Crippen molar-refractivity contribution in [2.75, 3.05) is 18.8 Å². The number of nitrogens with zero attached hydrogens (tertiary/aromatic N) is 1. The number of carbonyl (C=O) groups is 1. The van der Waals surface area contributed by atoms with E-state index in [1.807, 2.05) is 19.9 Å². The van der Waals surface area contributed by atoms with Gasteiger partial charge in [0, 0.05) is 24.3 Å². The summed E-state index contributed by atoms with van der Waals surface area (Å²) < 4.78 is 28.1. The summed E-state index contributed by atoms with van der Waals surface area (Å²) in [5, 5.41) is 43.2. The first-order chi connectivity index (χ1) is 17.9. The van der Waals surface area contributed by atoms with Gasteiger partial charge >= 0.3 is 0 Å². The quantitative estimate of drug-likeness (QED) is 0.158. The summed E-state index contributed by atoms with van der Waals surface area (Å²) in [4.78, 5) is 13.0. The predicted molar refractivity (Wildman–Crippen MR) is 143 cm³/mol. The number of aliphatic hydroxyl groups is 1. The molecule has 10 nitrogen and oxygen atoms in total. The van der Waals surface area contributed by atoms with E-state index >= 15 is 0 Å². The van der Waals surface area contributed by atoms with Crippen LogP contribution in [0.25, 0.3) is 0 Å². The molecule has 0 aromatic heterocycles. The van der Waals surface area contributed by atoms with Gasteiger partial charge in [-0.1, -0.05) is 44.2 Å². The lowest BCUT2D eigenvalue weighted by molar-refractivity contribution is 0.0775. The van der Waals surface area contributed by atoms with Crippen LogP contribution in [0, 0.1) is 5.92 Å². The van der Waals surface area contributed by atoms with E-state index in [-0.39, 0.29) is 35.9 Å². The maximum atomic E-state index is 13.5. The highest BCUT2D eigenvalue weighted by Gasteiger charge is 2.31. The van der Waals surface area contributed by atoms with E-state index in [0.29, 0.717) is 5.69 Å².